The molecule has 0 aromatic carbocycles. The van der Waals surface area contributed by atoms with Crippen molar-refractivity contribution in [2.75, 3.05) is 19.7 Å². The zero-order valence-electron chi connectivity index (χ0n) is 9.28. The second kappa shape index (κ2) is 3.70. The molecule has 5 heteroatoms. The van der Waals surface area contributed by atoms with Crippen molar-refractivity contribution in [2.24, 2.45) is 5.41 Å². The third-order valence-corrected chi connectivity index (χ3v) is 2.18. The highest BCUT2D eigenvalue weighted by molar-refractivity contribution is 5.69. The van der Waals surface area contributed by atoms with E-state index in [0.717, 1.165) is 0 Å². The summed E-state index contributed by atoms with van der Waals surface area (Å²) in [5.41, 5.74) is -1.31. The number of aliphatic hydroxyl groups is 1. The maximum atomic E-state index is 11.5. The minimum Gasteiger partial charge on any atom is -0.444 e. The molecule has 1 fully saturated rings. The molecule has 0 atom stereocenters. The molecular weight excluding hydrogens is 196 g/mol. The van der Waals surface area contributed by atoms with Gasteiger partial charge in [0.15, 0.2) is 0 Å². The Bertz CT molecular complexity index is 295. The van der Waals surface area contributed by atoms with Gasteiger partial charge in [-0.25, -0.2) is 4.79 Å². The van der Waals surface area contributed by atoms with E-state index in [9.17, 15) is 4.79 Å². The van der Waals surface area contributed by atoms with Crippen molar-refractivity contribution in [3.63, 3.8) is 0 Å². The Morgan fingerprint density at radius 3 is 2.47 bits per heavy atom. The summed E-state index contributed by atoms with van der Waals surface area (Å²) < 4.78 is 5.12. The molecule has 1 amide bonds. The summed E-state index contributed by atoms with van der Waals surface area (Å²) in [5.74, 6) is 0. The number of ether oxygens (including phenoxy) is 1. The number of amides is 1. The molecule has 0 radical (unpaired) electrons. The zero-order chi connectivity index (χ0) is 11.7. The van der Waals surface area contributed by atoms with Gasteiger partial charge in [0, 0.05) is 13.1 Å². The number of nitrogens with zero attached hydrogens (tertiary/aromatic N) is 2. The van der Waals surface area contributed by atoms with Crippen molar-refractivity contribution in [3.8, 4) is 6.07 Å². The number of hydrogen-bond donors (Lipinski definition) is 1. The van der Waals surface area contributed by atoms with Crippen molar-refractivity contribution in [3.05, 3.63) is 0 Å². The molecular formula is C10H16N2O3. The Kier molecular flexibility index (Phi) is 2.91. The van der Waals surface area contributed by atoms with Gasteiger partial charge in [0.2, 0.25) is 0 Å². The van der Waals surface area contributed by atoms with Crippen molar-refractivity contribution >= 4 is 6.09 Å². The molecule has 1 heterocycles. The second-order valence-electron chi connectivity index (χ2n) is 4.89. The quantitative estimate of drug-likeness (QED) is 0.695. The predicted octanol–water partition coefficient (Wildman–Crippen LogP) is 0.739. The molecule has 0 aliphatic carbocycles. The molecule has 1 saturated heterocycles. The number of likely N-dealkylation sites (tertiary alicyclic amines) is 1. The molecule has 15 heavy (non-hydrogen) atoms. The van der Waals surface area contributed by atoms with Crippen LogP contribution in [0, 0.1) is 16.7 Å². The van der Waals surface area contributed by atoms with Crippen LogP contribution in [0.4, 0.5) is 4.79 Å². The number of hydrogen-bond acceptors (Lipinski definition) is 4. The van der Waals surface area contributed by atoms with Crippen LogP contribution in [0.15, 0.2) is 0 Å². The predicted molar refractivity (Wildman–Crippen MR) is 52.9 cm³/mol. The molecule has 0 aromatic heterocycles. The molecule has 0 aromatic rings. The van der Waals surface area contributed by atoms with E-state index in [1.165, 1.54) is 4.90 Å². The van der Waals surface area contributed by atoms with Gasteiger partial charge in [0.1, 0.15) is 11.0 Å². The summed E-state index contributed by atoms with van der Waals surface area (Å²) in [4.78, 5) is 12.9. The van der Waals surface area contributed by atoms with Gasteiger partial charge in [0.25, 0.3) is 0 Å². The normalized spacial score (nSPS) is 19.0. The van der Waals surface area contributed by atoms with E-state index in [1.807, 2.05) is 6.07 Å². The Morgan fingerprint density at radius 1 is 1.60 bits per heavy atom. The maximum absolute atomic E-state index is 11.5. The Morgan fingerprint density at radius 2 is 2.13 bits per heavy atom. The number of carbonyl (C=O) groups excluding carboxylic acids is 1. The van der Waals surface area contributed by atoms with Crippen LogP contribution in [0.3, 0.4) is 0 Å². The number of rotatable bonds is 1. The first kappa shape index (κ1) is 11.8. The van der Waals surface area contributed by atoms with E-state index in [0.29, 0.717) is 0 Å². The molecule has 84 valence electrons. The molecule has 1 rings (SSSR count). The fourth-order valence-electron chi connectivity index (χ4n) is 1.35. The van der Waals surface area contributed by atoms with Gasteiger partial charge in [-0.3, -0.25) is 0 Å². The zero-order valence-corrected chi connectivity index (χ0v) is 9.28. The third-order valence-electron chi connectivity index (χ3n) is 2.18. The first-order valence-corrected chi connectivity index (χ1v) is 4.82. The lowest BCUT2D eigenvalue weighted by Crippen LogP contribution is -2.60. The van der Waals surface area contributed by atoms with Crippen LogP contribution in [0.5, 0.6) is 0 Å². The molecule has 1 aliphatic rings. The molecule has 0 saturated carbocycles. The fourth-order valence-corrected chi connectivity index (χ4v) is 1.35. The summed E-state index contributed by atoms with van der Waals surface area (Å²) >= 11 is 0. The number of carbonyl (C=O) groups is 1. The van der Waals surface area contributed by atoms with Crippen LogP contribution in [-0.2, 0) is 4.74 Å². The molecule has 5 nitrogen and oxygen atoms in total. The highest BCUT2D eigenvalue weighted by atomic mass is 16.6. The van der Waals surface area contributed by atoms with Gasteiger partial charge in [-0.2, -0.15) is 5.26 Å². The summed E-state index contributed by atoms with van der Waals surface area (Å²) in [7, 11) is 0. The maximum Gasteiger partial charge on any atom is 0.410 e. The minimum absolute atomic E-state index is 0.219. The third kappa shape index (κ3) is 2.60. The van der Waals surface area contributed by atoms with E-state index in [-0.39, 0.29) is 19.7 Å². The Hall–Kier alpha value is -1.28. The lowest BCUT2D eigenvalue weighted by molar-refractivity contribution is -0.0314. The average Bonchev–Trinajstić information content (AvgIpc) is 2.00. The number of aliphatic hydroxyl groups excluding tert-OH is 1. The topological polar surface area (TPSA) is 73.6 Å². The van der Waals surface area contributed by atoms with Crippen LogP contribution in [0.25, 0.3) is 0 Å². The van der Waals surface area contributed by atoms with Crippen LogP contribution in [-0.4, -0.2) is 41.4 Å². The van der Waals surface area contributed by atoms with Gasteiger partial charge in [0.05, 0.1) is 12.7 Å². The first-order chi connectivity index (χ1) is 6.82. The van der Waals surface area contributed by atoms with Crippen molar-refractivity contribution < 1.29 is 14.6 Å². The van der Waals surface area contributed by atoms with Crippen LogP contribution < -0.4 is 0 Å². The van der Waals surface area contributed by atoms with Crippen molar-refractivity contribution in [2.45, 2.75) is 26.4 Å². The molecule has 0 unspecified atom stereocenters. The fraction of sp³-hybridized carbons (Fsp3) is 0.800. The van der Waals surface area contributed by atoms with Gasteiger partial charge >= 0.3 is 6.09 Å². The molecule has 1 aliphatic heterocycles. The van der Waals surface area contributed by atoms with Gasteiger partial charge in [-0.1, -0.05) is 0 Å². The minimum atomic E-state index is -0.781. The van der Waals surface area contributed by atoms with Crippen molar-refractivity contribution in [1.82, 2.24) is 4.90 Å². The van der Waals surface area contributed by atoms with Crippen LogP contribution >= 0.6 is 0 Å². The monoisotopic (exact) mass is 212 g/mol. The van der Waals surface area contributed by atoms with Gasteiger partial charge < -0.3 is 14.7 Å². The van der Waals surface area contributed by atoms with E-state index < -0.39 is 17.1 Å². The Labute approximate surface area is 89.2 Å². The van der Waals surface area contributed by atoms with Crippen LogP contribution in [0.2, 0.25) is 0 Å². The summed E-state index contributed by atoms with van der Waals surface area (Å²) in [6, 6.07) is 2.01. The van der Waals surface area contributed by atoms with E-state index in [2.05, 4.69) is 0 Å². The standard InChI is InChI=1S/C10H16N2O3/c1-9(2,3)15-8(14)12-5-10(4-11,6-12)7-13/h13H,5-7H2,1-3H3. The average molecular weight is 212 g/mol. The number of nitriles is 1. The molecule has 0 spiro atoms. The van der Waals surface area contributed by atoms with E-state index in [1.54, 1.807) is 20.8 Å². The van der Waals surface area contributed by atoms with Gasteiger partial charge in [-0.15, -0.1) is 0 Å². The first-order valence-electron chi connectivity index (χ1n) is 4.82. The second-order valence-corrected chi connectivity index (χ2v) is 4.89. The largest absolute Gasteiger partial charge is 0.444 e. The highest BCUT2D eigenvalue weighted by Gasteiger charge is 2.46. The SMILES string of the molecule is CC(C)(C)OC(=O)N1CC(C#N)(CO)C1. The van der Waals surface area contributed by atoms with Gasteiger partial charge in [-0.05, 0) is 20.8 Å². The molecule has 0 bridgehead atoms. The van der Waals surface area contributed by atoms with E-state index in [4.69, 9.17) is 15.1 Å². The van der Waals surface area contributed by atoms with Crippen LogP contribution in [0.1, 0.15) is 20.8 Å². The smallest absolute Gasteiger partial charge is 0.410 e. The summed E-state index contributed by atoms with van der Waals surface area (Å²) in [6.07, 6.45) is -0.429. The van der Waals surface area contributed by atoms with Crippen molar-refractivity contribution in [1.29, 1.82) is 5.26 Å². The lowest BCUT2D eigenvalue weighted by Gasteiger charge is -2.44. The summed E-state index contributed by atoms with van der Waals surface area (Å²) in [6.45, 7) is 5.63. The lowest BCUT2D eigenvalue weighted by atomic mass is 9.83. The Balaban J connectivity index is 2.46. The molecule has 1 N–H and O–H groups in total. The van der Waals surface area contributed by atoms with E-state index >= 15 is 0 Å². The highest BCUT2D eigenvalue weighted by Crippen LogP contribution is 2.30. The summed E-state index contributed by atoms with van der Waals surface area (Å²) in [5, 5.41) is 17.7.